The Morgan fingerprint density at radius 2 is 1.79 bits per heavy atom. The molecule has 0 unspecified atom stereocenters. The van der Waals surface area contributed by atoms with E-state index in [1.807, 2.05) is 32.0 Å². The molecule has 0 saturated heterocycles. The van der Waals surface area contributed by atoms with Gasteiger partial charge in [0.05, 0.1) is 6.21 Å². The molecule has 0 radical (unpaired) electrons. The number of anilines is 1. The first-order chi connectivity index (χ1) is 11.5. The Morgan fingerprint density at radius 1 is 1.12 bits per heavy atom. The predicted molar refractivity (Wildman–Crippen MR) is 95.9 cm³/mol. The zero-order valence-electron chi connectivity index (χ0n) is 13.2. The summed E-state index contributed by atoms with van der Waals surface area (Å²) < 4.78 is 29.1. The Balaban J connectivity index is 2.00. The number of aryl methyl sites for hydroxylation is 2. The molecule has 2 aromatic carbocycles. The van der Waals surface area contributed by atoms with E-state index in [4.69, 9.17) is 12.2 Å². The molecule has 0 aliphatic rings. The van der Waals surface area contributed by atoms with E-state index in [-0.39, 0.29) is 5.75 Å². The van der Waals surface area contributed by atoms with Gasteiger partial charge in [-0.05, 0) is 49.3 Å². The summed E-state index contributed by atoms with van der Waals surface area (Å²) in [6.07, 6.45) is 1.37. The molecule has 0 atom stereocenters. The predicted octanol–water partition coefficient (Wildman–Crippen LogP) is 4.23. The Labute approximate surface area is 144 Å². The quantitative estimate of drug-likeness (QED) is 0.482. The normalized spacial score (nSPS) is 10.9. The summed E-state index contributed by atoms with van der Waals surface area (Å²) in [6.45, 7) is 1.05. The fourth-order valence-corrected chi connectivity index (χ4v) is 2.26. The molecule has 0 bridgehead atoms. The van der Waals surface area contributed by atoms with E-state index in [9.17, 15) is 8.78 Å². The lowest BCUT2D eigenvalue weighted by Crippen LogP contribution is -2.24. The topological polar surface area (TPSA) is 45.7 Å². The highest BCUT2D eigenvalue weighted by atomic mass is 32.1. The number of ether oxygens (including phenoxy) is 1. The number of halogens is 2. The van der Waals surface area contributed by atoms with E-state index in [0.29, 0.717) is 10.7 Å². The summed E-state index contributed by atoms with van der Waals surface area (Å²) in [5, 5.41) is 7.33. The molecule has 0 aliphatic heterocycles. The molecule has 0 heterocycles. The van der Waals surface area contributed by atoms with Gasteiger partial charge < -0.3 is 10.1 Å². The zero-order chi connectivity index (χ0) is 17.5. The molecule has 0 aliphatic carbocycles. The van der Waals surface area contributed by atoms with Crippen LogP contribution >= 0.6 is 12.2 Å². The lowest BCUT2D eigenvalue weighted by Gasteiger charge is -2.12. The summed E-state index contributed by atoms with van der Waals surface area (Å²) in [5.74, 6) is 0.0478. The molecule has 0 amide bonds. The molecule has 126 valence electrons. The second kappa shape index (κ2) is 8.35. The van der Waals surface area contributed by atoms with Gasteiger partial charge in [0.25, 0.3) is 0 Å². The number of nitrogens with one attached hydrogen (secondary N) is 2. The van der Waals surface area contributed by atoms with Gasteiger partial charge in [-0.1, -0.05) is 30.3 Å². The maximum Gasteiger partial charge on any atom is 0.387 e. The van der Waals surface area contributed by atoms with Crippen LogP contribution in [0.1, 0.15) is 16.7 Å². The number of para-hydroxylation sites is 2. The van der Waals surface area contributed by atoms with Crippen molar-refractivity contribution in [2.24, 2.45) is 5.10 Å². The van der Waals surface area contributed by atoms with Crippen LogP contribution in [-0.4, -0.2) is 17.9 Å². The summed E-state index contributed by atoms with van der Waals surface area (Å²) in [5.41, 5.74) is 6.10. The summed E-state index contributed by atoms with van der Waals surface area (Å²) >= 11 is 5.19. The minimum Gasteiger partial charge on any atom is -0.434 e. The molecule has 4 nitrogen and oxygen atoms in total. The molecule has 2 N–H and O–H groups in total. The van der Waals surface area contributed by atoms with Crippen LogP contribution in [0, 0.1) is 13.8 Å². The van der Waals surface area contributed by atoms with Gasteiger partial charge in [0, 0.05) is 11.3 Å². The van der Waals surface area contributed by atoms with Crippen LogP contribution in [0.2, 0.25) is 0 Å². The highest BCUT2D eigenvalue weighted by molar-refractivity contribution is 7.80. The first-order valence-corrected chi connectivity index (χ1v) is 7.58. The van der Waals surface area contributed by atoms with Gasteiger partial charge in [0.1, 0.15) is 5.75 Å². The second-order valence-corrected chi connectivity index (χ2v) is 5.42. The third kappa shape index (κ3) is 4.99. The molecule has 2 aromatic rings. The van der Waals surface area contributed by atoms with Gasteiger partial charge >= 0.3 is 6.61 Å². The molecular formula is C17H17F2N3OS. The van der Waals surface area contributed by atoms with Gasteiger partial charge in [0.15, 0.2) is 5.11 Å². The molecule has 0 spiro atoms. The van der Waals surface area contributed by atoms with Crippen LogP contribution < -0.4 is 15.5 Å². The monoisotopic (exact) mass is 349 g/mol. The SMILES string of the molecule is Cc1cccc(C)c1NC(=S)N/N=C/c1ccccc1OC(F)F. The third-order valence-electron chi connectivity index (χ3n) is 3.22. The summed E-state index contributed by atoms with van der Waals surface area (Å²) in [6, 6.07) is 12.3. The molecule has 7 heteroatoms. The largest absolute Gasteiger partial charge is 0.434 e. The van der Waals surface area contributed by atoms with E-state index in [2.05, 4.69) is 20.6 Å². The Hall–Kier alpha value is -2.54. The first kappa shape index (κ1) is 17.8. The van der Waals surface area contributed by atoms with Crippen molar-refractivity contribution in [3.8, 4) is 5.75 Å². The Bertz CT molecular complexity index is 730. The van der Waals surface area contributed by atoms with Crippen molar-refractivity contribution in [1.82, 2.24) is 5.43 Å². The van der Waals surface area contributed by atoms with Crippen LogP contribution in [0.3, 0.4) is 0 Å². The number of nitrogens with zero attached hydrogens (tertiary/aromatic N) is 1. The van der Waals surface area contributed by atoms with E-state index >= 15 is 0 Å². The standard InChI is InChI=1S/C17H17F2N3OS/c1-11-6-5-7-12(2)15(11)21-17(24)22-20-10-13-8-3-4-9-14(13)23-16(18)19/h3-10,16H,1-2H3,(H2,21,22,24)/b20-10+. The summed E-state index contributed by atoms with van der Waals surface area (Å²) in [4.78, 5) is 0. The average molecular weight is 349 g/mol. The van der Waals surface area contributed by atoms with Crippen LogP contribution in [0.15, 0.2) is 47.6 Å². The van der Waals surface area contributed by atoms with Gasteiger partial charge in [-0.2, -0.15) is 13.9 Å². The summed E-state index contributed by atoms with van der Waals surface area (Å²) in [7, 11) is 0. The highest BCUT2D eigenvalue weighted by Gasteiger charge is 2.07. The van der Waals surface area contributed by atoms with Crippen LogP contribution in [0.25, 0.3) is 0 Å². The number of hydrazone groups is 1. The van der Waals surface area contributed by atoms with Crippen molar-refractivity contribution < 1.29 is 13.5 Å². The zero-order valence-corrected chi connectivity index (χ0v) is 14.0. The van der Waals surface area contributed by atoms with E-state index in [1.54, 1.807) is 18.2 Å². The molecule has 0 fully saturated rings. The Morgan fingerprint density at radius 3 is 2.46 bits per heavy atom. The van der Waals surface area contributed by atoms with Gasteiger partial charge in [0.2, 0.25) is 0 Å². The number of hydrogen-bond donors (Lipinski definition) is 2. The number of hydrogen-bond acceptors (Lipinski definition) is 3. The fourth-order valence-electron chi connectivity index (χ4n) is 2.10. The maximum atomic E-state index is 12.4. The van der Waals surface area contributed by atoms with E-state index < -0.39 is 6.61 Å². The van der Waals surface area contributed by atoms with Gasteiger partial charge in [-0.3, -0.25) is 5.43 Å². The minimum absolute atomic E-state index is 0.0478. The number of alkyl halides is 2. The fraction of sp³-hybridized carbons (Fsp3) is 0.176. The van der Waals surface area contributed by atoms with Crippen molar-refractivity contribution >= 4 is 29.2 Å². The Kier molecular flexibility index (Phi) is 6.20. The van der Waals surface area contributed by atoms with Crippen molar-refractivity contribution in [2.45, 2.75) is 20.5 Å². The lowest BCUT2D eigenvalue weighted by molar-refractivity contribution is -0.0499. The number of benzene rings is 2. The smallest absolute Gasteiger partial charge is 0.387 e. The van der Waals surface area contributed by atoms with Gasteiger partial charge in [-0.15, -0.1) is 0 Å². The van der Waals surface area contributed by atoms with E-state index in [1.165, 1.54) is 12.3 Å². The van der Waals surface area contributed by atoms with Crippen molar-refractivity contribution in [3.05, 3.63) is 59.2 Å². The average Bonchev–Trinajstić information content (AvgIpc) is 2.52. The van der Waals surface area contributed by atoms with Crippen LogP contribution in [0.4, 0.5) is 14.5 Å². The van der Waals surface area contributed by atoms with Crippen LogP contribution in [-0.2, 0) is 0 Å². The van der Waals surface area contributed by atoms with Crippen molar-refractivity contribution in [1.29, 1.82) is 0 Å². The van der Waals surface area contributed by atoms with Crippen molar-refractivity contribution in [3.63, 3.8) is 0 Å². The number of thiocarbonyl (C=S) groups is 1. The molecule has 0 saturated carbocycles. The lowest BCUT2D eigenvalue weighted by atomic mass is 10.1. The highest BCUT2D eigenvalue weighted by Crippen LogP contribution is 2.19. The molecule has 24 heavy (non-hydrogen) atoms. The van der Waals surface area contributed by atoms with Crippen molar-refractivity contribution in [2.75, 3.05) is 5.32 Å². The molecule has 2 rings (SSSR count). The first-order valence-electron chi connectivity index (χ1n) is 7.17. The van der Waals surface area contributed by atoms with Gasteiger partial charge in [-0.25, -0.2) is 0 Å². The maximum absolute atomic E-state index is 12.4. The minimum atomic E-state index is -2.89. The van der Waals surface area contributed by atoms with Crippen LogP contribution in [0.5, 0.6) is 5.75 Å². The number of rotatable bonds is 5. The third-order valence-corrected chi connectivity index (χ3v) is 3.42. The van der Waals surface area contributed by atoms with E-state index in [0.717, 1.165) is 16.8 Å². The second-order valence-electron chi connectivity index (χ2n) is 5.01. The molecular weight excluding hydrogens is 332 g/mol. The molecule has 0 aromatic heterocycles.